The highest BCUT2D eigenvalue weighted by molar-refractivity contribution is 7.89. The summed E-state index contributed by atoms with van der Waals surface area (Å²) >= 11 is 0. The number of anilines is 1. The van der Waals surface area contributed by atoms with Crippen molar-refractivity contribution in [1.82, 2.24) is 19.5 Å². The van der Waals surface area contributed by atoms with E-state index in [0.29, 0.717) is 11.5 Å². The van der Waals surface area contributed by atoms with Gasteiger partial charge in [0.1, 0.15) is 12.2 Å². The number of rotatable bonds is 4. The molecule has 0 fully saturated rings. The third kappa shape index (κ3) is 2.91. The van der Waals surface area contributed by atoms with Crippen LogP contribution in [-0.2, 0) is 16.6 Å². The molecule has 8 heteroatoms. The van der Waals surface area contributed by atoms with Gasteiger partial charge in [0.05, 0.1) is 11.4 Å². The number of nitrogens with two attached hydrogens (primary N) is 1. The highest BCUT2D eigenvalue weighted by Gasteiger charge is 2.22. The molecule has 0 radical (unpaired) electrons. The quantitative estimate of drug-likeness (QED) is 0.795. The molecular weight excluding hydrogens is 266 g/mol. The first-order valence-electron chi connectivity index (χ1n) is 5.57. The molecule has 1 heterocycles. The molecule has 0 saturated carbocycles. The molecule has 0 aliphatic heterocycles. The van der Waals surface area contributed by atoms with Crippen LogP contribution in [0.4, 0.5) is 5.69 Å². The normalized spacial score (nSPS) is 11.9. The maximum absolute atomic E-state index is 12.4. The van der Waals surface area contributed by atoms with Crippen molar-refractivity contribution in [2.24, 2.45) is 0 Å². The molecule has 0 saturated heterocycles. The van der Waals surface area contributed by atoms with Gasteiger partial charge in [0.25, 0.3) is 0 Å². The first-order valence-corrected chi connectivity index (χ1v) is 7.01. The molecule has 2 aromatic rings. The van der Waals surface area contributed by atoms with E-state index in [-0.39, 0.29) is 11.4 Å². The van der Waals surface area contributed by atoms with Gasteiger partial charge < -0.3 is 5.73 Å². The number of benzene rings is 1. The smallest absolute Gasteiger partial charge is 0.243 e. The van der Waals surface area contributed by atoms with E-state index in [1.807, 2.05) is 0 Å². The van der Waals surface area contributed by atoms with Crippen molar-refractivity contribution >= 4 is 15.7 Å². The zero-order valence-corrected chi connectivity index (χ0v) is 11.5. The summed E-state index contributed by atoms with van der Waals surface area (Å²) in [5.74, 6) is 0.478. The van der Waals surface area contributed by atoms with Gasteiger partial charge in [-0.2, -0.15) is 9.40 Å². The van der Waals surface area contributed by atoms with E-state index in [9.17, 15) is 8.42 Å². The Hall–Kier alpha value is -1.93. The standard InChI is InChI=1S/C11H15N5O2S/c1-8-3-9(12)5-10(4-8)19(17,18)16(2)6-11-13-7-14-15-11/h3-5,7H,6,12H2,1-2H3,(H,13,14,15). The second kappa shape index (κ2) is 4.98. The molecule has 0 bridgehead atoms. The average Bonchev–Trinajstić information content (AvgIpc) is 2.80. The molecule has 0 aliphatic carbocycles. The van der Waals surface area contributed by atoms with Crippen molar-refractivity contribution in [2.45, 2.75) is 18.4 Å². The Labute approximate surface area is 111 Å². The average molecular weight is 281 g/mol. The number of aryl methyl sites for hydroxylation is 1. The fourth-order valence-corrected chi connectivity index (χ4v) is 2.98. The summed E-state index contributed by atoms with van der Waals surface area (Å²) in [6, 6.07) is 4.75. The van der Waals surface area contributed by atoms with Gasteiger partial charge in [0.15, 0.2) is 0 Å². The molecule has 0 aliphatic rings. The predicted molar refractivity (Wildman–Crippen MR) is 70.6 cm³/mol. The minimum absolute atomic E-state index is 0.121. The number of nitrogens with zero attached hydrogens (tertiary/aromatic N) is 3. The van der Waals surface area contributed by atoms with Crippen molar-refractivity contribution in [3.8, 4) is 0 Å². The lowest BCUT2D eigenvalue weighted by Gasteiger charge is -2.16. The summed E-state index contributed by atoms with van der Waals surface area (Å²) < 4.78 is 25.9. The first kappa shape index (κ1) is 13.5. The maximum atomic E-state index is 12.4. The molecule has 0 amide bonds. The van der Waals surface area contributed by atoms with Gasteiger partial charge in [0.2, 0.25) is 10.0 Å². The third-order valence-corrected chi connectivity index (χ3v) is 4.40. The minimum atomic E-state index is -3.59. The van der Waals surface area contributed by atoms with Crippen molar-refractivity contribution in [3.05, 3.63) is 35.9 Å². The van der Waals surface area contributed by atoms with Crippen molar-refractivity contribution in [1.29, 1.82) is 0 Å². The molecule has 1 aromatic heterocycles. The zero-order chi connectivity index (χ0) is 14.0. The molecule has 3 N–H and O–H groups in total. The van der Waals surface area contributed by atoms with Gasteiger partial charge in [-0.25, -0.2) is 13.4 Å². The Kier molecular flexibility index (Phi) is 3.54. The SMILES string of the molecule is Cc1cc(N)cc(S(=O)(=O)N(C)Cc2ncn[nH]2)c1. The van der Waals surface area contributed by atoms with Gasteiger partial charge in [0, 0.05) is 12.7 Å². The maximum Gasteiger partial charge on any atom is 0.243 e. The summed E-state index contributed by atoms with van der Waals surface area (Å²) in [4.78, 5) is 4.07. The van der Waals surface area contributed by atoms with Gasteiger partial charge >= 0.3 is 0 Å². The van der Waals surface area contributed by atoms with Crippen LogP contribution in [0.25, 0.3) is 0 Å². The molecule has 7 nitrogen and oxygen atoms in total. The van der Waals surface area contributed by atoms with Crippen LogP contribution in [0, 0.1) is 6.92 Å². The van der Waals surface area contributed by atoms with Crippen molar-refractivity contribution in [3.63, 3.8) is 0 Å². The number of hydrogen-bond acceptors (Lipinski definition) is 5. The Bertz CT molecular complexity index is 646. The molecule has 19 heavy (non-hydrogen) atoms. The molecule has 2 rings (SSSR count). The van der Waals surface area contributed by atoms with E-state index >= 15 is 0 Å². The second-order valence-corrected chi connectivity index (χ2v) is 6.32. The van der Waals surface area contributed by atoms with Crippen molar-refractivity contribution in [2.75, 3.05) is 12.8 Å². The lowest BCUT2D eigenvalue weighted by molar-refractivity contribution is 0.457. The number of aromatic nitrogens is 3. The summed E-state index contributed by atoms with van der Waals surface area (Å²) in [7, 11) is -2.11. The fourth-order valence-electron chi connectivity index (χ4n) is 1.71. The number of aromatic amines is 1. The molecule has 1 aromatic carbocycles. The summed E-state index contributed by atoms with van der Waals surface area (Å²) in [6.45, 7) is 1.92. The van der Waals surface area contributed by atoms with Crippen LogP contribution in [0.5, 0.6) is 0 Å². The van der Waals surface area contributed by atoms with Crippen molar-refractivity contribution < 1.29 is 8.42 Å². The Balaban J connectivity index is 2.31. The number of hydrogen-bond donors (Lipinski definition) is 2. The topological polar surface area (TPSA) is 105 Å². The zero-order valence-electron chi connectivity index (χ0n) is 10.7. The Morgan fingerprint density at radius 3 is 2.68 bits per heavy atom. The van der Waals surface area contributed by atoms with Crippen LogP contribution in [0.15, 0.2) is 29.4 Å². The Morgan fingerprint density at radius 1 is 1.37 bits per heavy atom. The van der Waals surface area contributed by atoms with E-state index in [0.717, 1.165) is 5.56 Å². The van der Waals surface area contributed by atoms with E-state index in [4.69, 9.17) is 5.73 Å². The van der Waals surface area contributed by atoms with E-state index in [2.05, 4.69) is 15.2 Å². The highest BCUT2D eigenvalue weighted by atomic mass is 32.2. The molecule has 0 atom stereocenters. The molecule has 102 valence electrons. The summed E-state index contributed by atoms with van der Waals surface area (Å²) in [6.07, 6.45) is 1.33. The van der Waals surface area contributed by atoms with Gasteiger partial charge in [-0.05, 0) is 30.7 Å². The monoisotopic (exact) mass is 281 g/mol. The lowest BCUT2D eigenvalue weighted by Crippen LogP contribution is -2.27. The van der Waals surface area contributed by atoms with Gasteiger partial charge in [-0.15, -0.1) is 0 Å². The van der Waals surface area contributed by atoms with E-state index in [1.54, 1.807) is 19.1 Å². The summed E-state index contributed by atoms with van der Waals surface area (Å²) in [5, 5.41) is 6.30. The van der Waals surface area contributed by atoms with Crippen LogP contribution in [0.3, 0.4) is 0 Å². The van der Waals surface area contributed by atoms with E-state index in [1.165, 1.54) is 23.7 Å². The molecule has 0 spiro atoms. The molecule has 0 unspecified atom stereocenters. The third-order valence-electron chi connectivity index (χ3n) is 2.62. The Morgan fingerprint density at radius 2 is 2.11 bits per heavy atom. The number of sulfonamides is 1. The number of H-pyrrole nitrogens is 1. The lowest BCUT2D eigenvalue weighted by atomic mass is 10.2. The van der Waals surface area contributed by atoms with Gasteiger partial charge in [-0.1, -0.05) is 0 Å². The highest BCUT2D eigenvalue weighted by Crippen LogP contribution is 2.20. The number of nitrogen functional groups attached to an aromatic ring is 1. The first-order chi connectivity index (χ1) is 8.89. The predicted octanol–water partition coefficient (Wildman–Crippen LogP) is 0.516. The minimum Gasteiger partial charge on any atom is -0.399 e. The van der Waals surface area contributed by atoms with E-state index < -0.39 is 10.0 Å². The second-order valence-electron chi connectivity index (χ2n) is 4.27. The molecular formula is C11H15N5O2S. The van der Waals surface area contributed by atoms with Crippen LogP contribution in [0.2, 0.25) is 0 Å². The summed E-state index contributed by atoms with van der Waals surface area (Å²) in [5.41, 5.74) is 6.90. The number of nitrogens with one attached hydrogen (secondary N) is 1. The fraction of sp³-hybridized carbons (Fsp3) is 0.273. The van der Waals surface area contributed by atoms with Crippen LogP contribution >= 0.6 is 0 Å². The largest absolute Gasteiger partial charge is 0.399 e. The van der Waals surface area contributed by atoms with Crippen LogP contribution in [0.1, 0.15) is 11.4 Å². The van der Waals surface area contributed by atoms with Crippen LogP contribution < -0.4 is 5.73 Å². The van der Waals surface area contributed by atoms with Gasteiger partial charge in [-0.3, -0.25) is 5.10 Å². The van der Waals surface area contributed by atoms with Crippen LogP contribution in [-0.4, -0.2) is 35.0 Å².